The lowest BCUT2D eigenvalue weighted by Gasteiger charge is -2.39. The van der Waals surface area contributed by atoms with Crippen molar-refractivity contribution in [1.29, 1.82) is 0 Å². The van der Waals surface area contributed by atoms with E-state index in [1.165, 1.54) is 0 Å². The van der Waals surface area contributed by atoms with E-state index in [9.17, 15) is 15.3 Å². The maximum Gasteiger partial charge on any atom is 0.186 e. The van der Waals surface area contributed by atoms with Crippen LogP contribution in [0, 0.1) is 0 Å². The Hall–Kier alpha value is -1.02. The predicted octanol–water partition coefficient (Wildman–Crippen LogP) is -1.22. The first-order valence-corrected chi connectivity index (χ1v) is 7.76. The molecule has 1 saturated heterocycles. The summed E-state index contributed by atoms with van der Waals surface area (Å²) >= 11 is 0. The number of ether oxygens (including phenoxy) is 2. The van der Waals surface area contributed by atoms with Gasteiger partial charge in [0.2, 0.25) is 0 Å². The van der Waals surface area contributed by atoms with E-state index in [0.29, 0.717) is 13.0 Å². The first-order valence-electron chi connectivity index (χ1n) is 7.76. The molecule has 2 rings (SSSR count). The van der Waals surface area contributed by atoms with Crippen molar-refractivity contribution in [3.05, 3.63) is 29.5 Å². The topological polar surface area (TPSA) is 103 Å². The van der Waals surface area contributed by atoms with E-state index in [0.717, 1.165) is 18.7 Å². The van der Waals surface area contributed by atoms with Gasteiger partial charge in [-0.1, -0.05) is 6.08 Å². The molecular weight excluding hydrogens is 302 g/mol. The lowest BCUT2D eigenvalue weighted by molar-refractivity contribution is -0.301. The Morgan fingerprint density at radius 1 is 1.26 bits per heavy atom. The van der Waals surface area contributed by atoms with Gasteiger partial charge in [0.25, 0.3) is 0 Å². The fourth-order valence-corrected chi connectivity index (χ4v) is 2.57. The minimum Gasteiger partial charge on any atom is -0.394 e. The zero-order valence-electron chi connectivity index (χ0n) is 13.2. The summed E-state index contributed by atoms with van der Waals surface area (Å²) in [5.74, 6) is 0. The van der Waals surface area contributed by atoms with E-state index >= 15 is 0 Å². The van der Waals surface area contributed by atoms with Gasteiger partial charge in [-0.2, -0.15) is 0 Å². The standard InChI is InChI=1S/C16H25NO6/c1-17(9-11-5-2-3-6-11)7-4-8-22-16-15(21)14(20)13(19)12(10-18)23-16/h2-3,5,12-16,18-21H,4,7-10H2,1H3/t12-,13-,14+,15-,16-/m1/s1. The maximum absolute atomic E-state index is 9.84. The lowest BCUT2D eigenvalue weighted by atomic mass is 9.99. The first-order chi connectivity index (χ1) is 11.0. The molecule has 7 heteroatoms. The average Bonchev–Trinajstić information content (AvgIpc) is 3.04. The van der Waals surface area contributed by atoms with Gasteiger partial charge in [-0.15, -0.1) is 5.73 Å². The molecule has 0 aromatic carbocycles. The molecular formula is C16H25NO6. The van der Waals surface area contributed by atoms with Gasteiger partial charge >= 0.3 is 0 Å². The third kappa shape index (κ3) is 4.97. The summed E-state index contributed by atoms with van der Waals surface area (Å²) in [5, 5.41) is 38.3. The van der Waals surface area contributed by atoms with E-state index in [1.807, 2.05) is 25.3 Å². The Bertz CT molecular complexity index is 471. The van der Waals surface area contributed by atoms with E-state index in [4.69, 9.17) is 14.6 Å². The summed E-state index contributed by atoms with van der Waals surface area (Å²) in [6.45, 7) is 1.46. The van der Waals surface area contributed by atoms with E-state index < -0.39 is 37.3 Å². The minimum absolute atomic E-state index is 0.331. The molecule has 0 unspecified atom stereocenters. The van der Waals surface area contributed by atoms with Crippen LogP contribution in [-0.2, 0) is 9.47 Å². The number of hydrogen-bond acceptors (Lipinski definition) is 7. The van der Waals surface area contributed by atoms with Crippen LogP contribution in [0.4, 0.5) is 0 Å². The van der Waals surface area contributed by atoms with Crippen LogP contribution in [0.2, 0.25) is 0 Å². The quantitative estimate of drug-likeness (QED) is 0.327. The third-order valence-corrected chi connectivity index (χ3v) is 3.92. The Balaban J connectivity index is 1.68. The Morgan fingerprint density at radius 2 is 2.04 bits per heavy atom. The number of rotatable bonds is 8. The highest BCUT2D eigenvalue weighted by Crippen LogP contribution is 2.22. The molecule has 1 aliphatic carbocycles. The minimum atomic E-state index is -1.40. The highest BCUT2D eigenvalue weighted by Gasteiger charge is 2.43. The van der Waals surface area contributed by atoms with Crippen molar-refractivity contribution in [2.45, 2.75) is 37.1 Å². The van der Waals surface area contributed by atoms with Gasteiger partial charge in [-0.05, 0) is 25.6 Å². The van der Waals surface area contributed by atoms with Crippen molar-refractivity contribution in [3.63, 3.8) is 0 Å². The molecule has 1 heterocycles. The summed E-state index contributed by atoms with van der Waals surface area (Å²) in [4.78, 5) is 2.13. The van der Waals surface area contributed by atoms with Crippen LogP contribution in [0.5, 0.6) is 0 Å². The van der Waals surface area contributed by atoms with Crippen LogP contribution in [-0.4, -0.2) is 89.4 Å². The second-order valence-electron chi connectivity index (χ2n) is 5.85. The third-order valence-electron chi connectivity index (χ3n) is 3.92. The predicted molar refractivity (Wildman–Crippen MR) is 82.6 cm³/mol. The van der Waals surface area contributed by atoms with Crippen molar-refractivity contribution >= 4 is 0 Å². The van der Waals surface area contributed by atoms with Crippen LogP contribution < -0.4 is 0 Å². The van der Waals surface area contributed by atoms with Crippen LogP contribution >= 0.6 is 0 Å². The molecule has 0 radical (unpaired) electrons. The van der Waals surface area contributed by atoms with Crippen LogP contribution in [0.25, 0.3) is 0 Å². The Kier molecular flexibility index (Phi) is 6.95. The molecule has 0 spiro atoms. The van der Waals surface area contributed by atoms with Gasteiger partial charge in [-0.25, -0.2) is 0 Å². The Labute approximate surface area is 135 Å². The largest absolute Gasteiger partial charge is 0.394 e. The number of nitrogens with zero attached hydrogens (tertiary/aromatic N) is 1. The maximum atomic E-state index is 9.84. The highest BCUT2D eigenvalue weighted by molar-refractivity contribution is 5.29. The van der Waals surface area contributed by atoms with Crippen molar-refractivity contribution in [2.24, 2.45) is 0 Å². The van der Waals surface area contributed by atoms with Crippen molar-refractivity contribution < 1.29 is 29.9 Å². The molecule has 0 aromatic heterocycles. The molecule has 2 aliphatic rings. The monoisotopic (exact) mass is 327 g/mol. The zero-order valence-corrected chi connectivity index (χ0v) is 13.2. The SMILES string of the molecule is CN(CCCO[C@@H]1O[C@H](CO)[C@@H](O)[C@H](O)[C@H]1O)CC1=C=CC=C1. The fourth-order valence-electron chi connectivity index (χ4n) is 2.57. The van der Waals surface area contributed by atoms with Gasteiger partial charge in [0.05, 0.1) is 13.2 Å². The number of allylic oxidation sites excluding steroid dienone is 1. The molecule has 1 aliphatic heterocycles. The van der Waals surface area contributed by atoms with Crippen molar-refractivity contribution in [3.8, 4) is 0 Å². The second-order valence-corrected chi connectivity index (χ2v) is 5.85. The zero-order chi connectivity index (χ0) is 16.8. The number of aliphatic hydroxyl groups is 4. The van der Waals surface area contributed by atoms with Gasteiger partial charge < -0.3 is 34.8 Å². The molecule has 1 fully saturated rings. The normalized spacial score (nSPS) is 33.5. The van der Waals surface area contributed by atoms with Crippen molar-refractivity contribution in [2.75, 3.05) is 33.4 Å². The summed E-state index contributed by atoms with van der Waals surface area (Å²) in [7, 11) is 1.99. The van der Waals surface area contributed by atoms with E-state index in [-0.39, 0.29) is 0 Å². The van der Waals surface area contributed by atoms with Crippen molar-refractivity contribution in [1.82, 2.24) is 4.90 Å². The number of aliphatic hydroxyl groups excluding tert-OH is 4. The molecule has 0 amide bonds. The number of likely N-dealkylation sites (N-methyl/N-ethyl adjacent to an activating group) is 1. The molecule has 0 aromatic rings. The van der Waals surface area contributed by atoms with Crippen LogP contribution in [0.15, 0.2) is 29.5 Å². The summed E-state index contributed by atoms with van der Waals surface area (Å²) in [5.41, 5.74) is 4.26. The average molecular weight is 327 g/mol. The van der Waals surface area contributed by atoms with Gasteiger partial charge in [0.15, 0.2) is 6.29 Å². The molecule has 4 N–H and O–H groups in total. The fraction of sp³-hybridized carbons (Fsp3) is 0.688. The van der Waals surface area contributed by atoms with Crippen LogP contribution in [0.1, 0.15) is 6.42 Å². The smallest absolute Gasteiger partial charge is 0.186 e. The Morgan fingerprint density at radius 3 is 2.70 bits per heavy atom. The molecule has 23 heavy (non-hydrogen) atoms. The summed E-state index contributed by atoms with van der Waals surface area (Å²) in [6, 6.07) is 0. The molecule has 5 atom stereocenters. The summed E-state index contributed by atoms with van der Waals surface area (Å²) < 4.78 is 10.7. The number of hydrogen-bond donors (Lipinski definition) is 4. The second kappa shape index (κ2) is 8.73. The van der Waals surface area contributed by atoms with Crippen LogP contribution in [0.3, 0.4) is 0 Å². The van der Waals surface area contributed by atoms with E-state index in [1.54, 1.807) is 0 Å². The first kappa shape index (κ1) is 18.3. The highest BCUT2D eigenvalue weighted by atomic mass is 16.7. The van der Waals surface area contributed by atoms with Gasteiger partial charge in [0, 0.05) is 18.7 Å². The molecule has 130 valence electrons. The van der Waals surface area contributed by atoms with E-state index in [2.05, 4.69) is 10.6 Å². The molecule has 7 nitrogen and oxygen atoms in total. The molecule has 0 bridgehead atoms. The summed E-state index contributed by atoms with van der Waals surface area (Å²) in [6.07, 6.45) is 0.463. The molecule has 0 saturated carbocycles. The lowest BCUT2D eigenvalue weighted by Crippen LogP contribution is -2.59. The van der Waals surface area contributed by atoms with Gasteiger partial charge in [-0.3, -0.25) is 0 Å². The van der Waals surface area contributed by atoms with Gasteiger partial charge in [0.1, 0.15) is 24.4 Å².